The molecule has 0 aliphatic carbocycles. The summed E-state index contributed by atoms with van der Waals surface area (Å²) in [6, 6.07) is 5.37. The summed E-state index contributed by atoms with van der Waals surface area (Å²) in [4.78, 5) is 7.90. The first kappa shape index (κ1) is 7.60. The van der Waals surface area contributed by atoms with Crippen LogP contribution in [0.1, 0.15) is 0 Å². The normalized spacial score (nSPS) is 10.2. The van der Waals surface area contributed by atoms with Gasteiger partial charge in [-0.25, -0.2) is 9.98 Å². The van der Waals surface area contributed by atoms with Crippen molar-refractivity contribution in [3.8, 4) is 0 Å². The number of hydrogen-bond donors (Lipinski definition) is 2. The first-order valence-electron chi connectivity index (χ1n) is 3.69. The fourth-order valence-electron chi connectivity index (χ4n) is 1.10. The average molecular weight is 176 g/mol. The molecule has 0 amide bonds. The highest BCUT2D eigenvalue weighted by atomic mass is 16.3. The van der Waals surface area contributed by atoms with Gasteiger partial charge in [-0.2, -0.15) is 0 Å². The van der Waals surface area contributed by atoms with Crippen LogP contribution in [-0.4, -0.2) is 10.9 Å². The van der Waals surface area contributed by atoms with E-state index in [-0.39, 0.29) is 5.96 Å². The molecule has 0 spiro atoms. The van der Waals surface area contributed by atoms with Crippen molar-refractivity contribution in [2.75, 3.05) is 0 Å². The Morgan fingerprint density at radius 2 is 2.23 bits per heavy atom. The number of guanidine groups is 1. The number of aromatic nitrogens is 1. The summed E-state index contributed by atoms with van der Waals surface area (Å²) in [5.74, 6) is 0.00972. The monoisotopic (exact) mass is 176 g/mol. The van der Waals surface area contributed by atoms with Gasteiger partial charge in [0, 0.05) is 0 Å². The van der Waals surface area contributed by atoms with Gasteiger partial charge in [0.2, 0.25) is 0 Å². The number of nitrogens with zero attached hydrogens (tertiary/aromatic N) is 2. The van der Waals surface area contributed by atoms with Gasteiger partial charge < -0.3 is 15.9 Å². The zero-order chi connectivity index (χ0) is 9.26. The molecule has 2 rings (SSSR count). The third-order valence-corrected chi connectivity index (χ3v) is 1.59. The average Bonchev–Trinajstić information content (AvgIpc) is 2.51. The minimum Gasteiger partial charge on any atom is -0.443 e. The number of para-hydroxylation sites is 1. The van der Waals surface area contributed by atoms with E-state index >= 15 is 0 Å². The van der Waals surface area contributed by atoms with E-state index in [1.165, 1.54) is 6.39 Å². The molecule has 0 radical (unpaired) electrons. The van der Waals surface area contributed by atoms with Crippen molar-refractivity contribution in [2.45, 2.75) is 0 Å². The van der Waals surface area contributed by atoms with E-state index < -0.39 is 0 Å². The van der Waals surface area contributed by atoms with Crippen molar-refractivity contribution >= 4 is 22.7 Å². The van der Waals surface area contributed by atoms with Gasteiger partial charge in [-0.15, -0.1) is 0 Å². The van der Waals surface area contributed by atoms with E-state index in [4.69, 9.17) is 15.9 Å². The Kier molecular flexibility index (Phi) is 1.63. The molecule has 0 atom stereocenters. The van der Waals surface area contributed by atoms with Gasteiger partial charge >= 0.3 is 0 Å². The standard InChI is InChI=1S/C8H8N4O/c9-8(10)12-5-2-1-3-6-7(5)11-4-13-6/h1-4H,(H4,9,10,12). The van der Waals surface area contributed by atoms with Crippen LogP contribution in [0, 0.1) is 0 Å². The number of rotatable bonds is 1. The SMILES string of the molecule is NC(N)=Nc1cccc2ocnc12. The smallest absolute Gasteiger partial charge is 0.191 e. The van der Waals surface area contributed by atoms with Crippen LogP contribution in [0.4, 0.5) is 5.69 Å². The summed E-state index contributed by atoms with van der Waals surface area (Å²) in [5, 5.41) is 0. The summed E-state index contributed by atoms with van der Waals surface area (Å²) in [5.41, 5.74) is 12.5. The maximum absolute atomic E-state index is 5.25. The van der Waals surface area contributed by atoms with Crippen molar-refractivity contribution in [1.29, 1.82) is 0 Å². The van der Waals surface area contributed by atoms with Crippen LogP contribution in [-0.2, 0) is 0 Å². The first-order chi connectivity index (χ1) is 6.27. The van der Waals surface area contributed by atoms with Gasteiger partial charge in [-0.3, -0.25) is 0 Å². The van der Waals surface area contributed by atoms with Gasteiger partial charge in [0.15, 0.2) is 17.9 Å². The second kappa shape index (κ2) is 2.78. The molecule has 66 valence electrons. The molecule has 1 heterocycles. The molecule has 0 aliphatic heterocycles. The van der Waals surface area contributed by atoms with E-state index in [0.29, 0.717) is 16.8 Å². The van der Waals surface area contributed by atoms with Gasteiger partial charge in [0.25, 0.3) is 0 Å². The second-order valence-electron chi connectivity index (χ2n) is 2.51. The highest BCUT2D eigenvalue weighted by Crippen LogP contribution is 2.23. The number of benzene rings is 1. The Bertz CT molecular complexity index is 456. The van der Waals surface area contributed by atoms with Crippen molar-refractivity contribution in [1.82, 2.24) is 4.98 Å². The van der Waals surface area contributed by atoms with E-state index in [0.717, 1.165) is 0 Å². The topological polar surface area (TPSA) is 90.4 Å². The molecule has 4 N–H and O–H groups in total. The molecule has 0 saturated heterocycles. The lowest BCUT2D eigenvalue weighted by atomic mass is 10.3. The lowest BCUT2D eigenvalue weighted by molar-refractivity contribution is 0.602. The molecule has 2 aromatic rings. The van der Waals surface area contributed by atoms with Crippen LogP contribution in [0.25, 0.3) is 11.1 Å². The van der Waals surface area contributed by atoms with Crippen molar-refractivity contribution in [2.24, 2.45) is 16.5 Å². The maximum atomic E-state index is 5.25. The number of fused-ring (bicyclic) bond motifs is 1. The lowest BCUT2D eigenvalue weighted by Crippen LogP contribution is -2.21. The Labute approximate surface area is 74.1 Å². The Morgan fingerprint density at radius 1 is 1.38 bits per heavy atom. The molecule has 0 fully saturated rings. The molecule has 5 nitrogen and oxygen atoms in total. The first-order valence-corrected chi connectivity index (χ1v) is 3.69. The minimum absolute atomic E-state index is 0.00972. The molecule has 0 aliphatic rings. The molecule has 1 aromatic heterocycles. The van der Waals surface area contributed by atoms with Crippen LogP contribution >= 0.6 is 0 Å². The molecular weight excluding hydrogens is 168 g/mol. The number of nitrogens with two attached hydrogens (primary N) is 2. The van der Waals surface area contributed by atoms with Crippen LogP contribution in [0.15, 0.2) is 34.0 Å². The highest BCUT2D eigenvalue weighted by molar-refractivity contribution is 5.89. The molecule has 13 heavy (non-hydrogen) atoms. The zero-order valence-electron chi connectivity index (χ0n) is 6.77. The highest BCUT2D eigenvalue weighted by Gasteiger charge is 2.02. The van der Waals surface area contributed by atoms with Gasteiger partial charge in [0.1, 0.15) is 5.52 Å². The van der Waals surface area contributed by atoms with Crippen molar-refractivity contribution in [3.63, 3.8) is 0 Å². The molecule has 1 aromatic carbocycles. The molecular formula is C8H8N4O. The number of hydrogen-bond acceptors (Lipinski definition) is 3. The van der Waals surface area contributed by atoms with Crippen LogP contribution < -0.4 is 11.5 Å². The zero-order valence-corrected chi connectivity index (χ0v) is 6.77. The van der Waals surface area contributed by atoms with E-state index in [1.807, 2.05) is 0 Å². The summed E-state index contributed by atoms with van der Waals surface area (Å²) in [6.07, 6.45) is 1.36. The molecule has 0 unspecified atom stereocenters. The maximum Gasteiger partial charge on any atom is 0.191 e. The van der Waals surface area contributed by atoms with Crippen LogP contribution in [0.5, 0.6) is 0 Å². The summed E-state index contributed by atoms with van der Waals surface area (Å²) in [6.45, 7) is 0. The summed E-state index contributed by atoms with van der Waals surface area (Å²) >= 11 is 0. The van der Waals surface area contributed by atoms with E-state index in [9.17, 15) is 0 Å². The third kappa shape index (κ3) is 1.31. The summed E-state index contributed by atoms with van der Waals surface area (Å²) in [7, 11) is 0. The van der Waals surface area contributed by atoms with Crippen molar-refractivity contribution in [3.05, 3.63) is 24.6 Å². The van der Waals surface area contributed by atoms with Crippen molar-refractivity contribution < 1.29 is 4.42 Å². The fourth-order valence-corrected chi connectivity index (χ4v) is 1.10. The predicted octanol–water partition coefficient (Wildman–Crippen LogP) is 0.733. The number of oxazole rings is 1. The number of aliphatic imine (C=N–C) groups is 1. The summed E-state index contributed by atoms with van der Waals surface area (Å²) < 4.78 is 5.08. The van der Waals surface area contributed by atoms with E-state index in [1.54, 1.807) is 18.2 Å². The minimum atomic E-state index is 0.00972. The fraction of sp³-hybridized carbons (Fsp3) is 0. The lowest BCUT2D eigenvalue weighted by Gasteiger charge is -1.94. The van der Waals surface area contributed by atoms with Gasteiger partial charge in [0.05, 0.1) is 5.69 Å². The van der Waals surface area contributed by atoms with Crippen LogP contribution in [0.2, 0.25) is 0 Å². The van der Waals surface area contributed by atoms with E-state index in [2.05, 4.69) is 9.98 Å². The van der Waals surface area contributed by atoms with Gasteiger partial charge in [-0.1, -0.05) is 6.07 Å². The molecule has 0 saturated carbocycles. The van der Waals surface area contributed by atoms with Gasteiger partial charge in [-0.05, 0) is 12.1 Å². The molecule has 0 bridgehead atoms. The Morgan fingerprint density at radius 3 is 3.00 bits per heavy atom. The Hall–Kier alpha value is -2.04. The third-order valence-electron chi connectivity index (χ3n) is 1.59. The molecule has 5 heteroatoms. The Balaban J connectivity index is 2.68. The largest absolute Gasteiger partial charge is 0.443 e. The van der Waals surface area contributed by atoms with Crippen LogP contribution in [0.3, 0.4) is 0 Å². The predicted molar refractivity (Wildman–Crippen MR) is 49.5 cm³/mol. The second-order valence-corrected chi connectivity index (χ2v) is 2.51. The quantitative estimate of drug-likeness (QED) is 0.495.